The van der Waals surface area contributed by atoms with Crippen LogP contribution in [0.5, 0.6) is 0 Å². The first-order chi connectivity index (χ1) is 11.1. The molecule has 1 aromatic heterocycles. The molecule has 1 fully saturated rings. The molecular weight excluding hydrogens is 296 g/mol. The minimum Gasteiger partial charge on any atom is -0.459 e. The number of piperidine rings is 1. The van der Waals surface area contributed by atoms with E-state index in [9.17, 15) is 9.59 Å². The Balaban J connectivity index is 1.74. The molecule has 1 aliphatic heterocycles. The van der Waals surface area contributed by atoms with Crippen LogP contribution < -0.4 is 5.32 Å². The van der Waals surface area contributed by atoms with Crippen LogP contribution in [-0.2, 0) is 9.53 Å². The first-order valence-electron chi connectivity index (χ1n) is 8.30. The van der Waals surface area contributed by atoms with Gasteiger partial charge in [0, 0.05) is 26.2 Å². The molecule has 0 saturated carbocycles. The molecule has 6 nitrogen and oxygen atoms in total. The topological polar surface area (TPSA) is 71.8 Å². The number of likely N-dealkylation sites (tertiary alicyclic amines) is 1. The van der Waals surface area contributed by atoms with Crippen molar-refractivity contribution in [2.45, 2.75) is 39.2 Å². The molecule has 2 rings (SSSR count). The zero-order valence-electron chi connectivity index (χ0n) is 13.9. The van der Waals surface area contributed by atoms with E-state index in [0.717, 1.165) is 19.3 Å². The van der Waals surface area contributed by atoms with E-state index >= 15 is 0 Å². The van der Waals surface area contributed by atoms with Crippen LogP contribution in [0.4, 0.5) is 0 Å². The highest BCUT2D eigenvalue weighted by atomic mass is 16.5. The minimum absolute atomic E-state index is 0.0199. The summed E-state index contributed by atoms with van der Waals surface area (Å²) in [4.78, 5) is 26.2. The Kier molecular flexibility index (Phi) is 6.65. The summed E-state index contributed by atoms with van der Waals surface area (Å²) in [7, 11) is 0. The average molecular weight is 322 g/mol. The molecule has 0 bridgehead atoms. The highest BCUT2D eigenvalue weighted by Gasteiger charge is 2.29. The van der Waals surface area contributed by atoms with E-state index in [1.54, 1.807) is 17.0 Å². The average Bonchev–Trinajstić information content (AvgIpc) is 3.08. The number of carbonyl (C=O) groups is 2. The van der Waals surface area contributed by atoms with Gasteiger partial charge in [-0.25, -0.2) is 0 Å². The third-order valence-electron chi connectivity index (χ3n) is 3.88. The number of furan rings is 1. The molecule has 6 heteroatoms. The standard InChI is InChI=1S/C17H26N2O4/c1-13(2)22-11-5-8-18-16(20)14-6-3-9-19(12-14)17(21)15-7-4-10-23-15/h4,7,10,13-14H,3,5-6,8-9,11-12H2,1-2H3,(H,18,20)/t14-/m1/s1. The molecule has 1 atom stereocenters. The summed E-state index contributed by atoms with van der Waals surface area (Å²) in [5.74, 6) is 0.0647. The summed E-state index contributed by atoms with van der Waals surface area (Å²) in [6.45, 7) is 6.36. The van der Waals surface area contributed by atoms with Crippen LogP contribution >= 0.6 is 0 Å². The number of hydrogen-bond donors (Lipinski definition) is 1. The normalized spacial score (nSPS) is 18.2. The number of nitrogens with one attached hydrogen (secondary N) is 1. The smallest absolute Gasteiger partial charge is 0.289 e. The van der Waals surface area contributed by atoms with Crippen molar-refractivity contribution in [1.29, 1.82) is 0 Å². The van der Waals surface area contributed by atoms with Crippen LogP contribution in [0, 0.1) is 5.92 Å². The largest absolute Gasteiger partial charge is 0.459 e. The zero-order valence-corrected chi connectivity index (χ0v) is 13.9. The number of hydrogen-bond acceptors (Lipinski definition) is 4. The van der Waals surface area contributed by atoms with Crippen LogP contribution in [0.15, 0.2) is 22.8 Å². The van der Waals surface area contributed by atoms with E-state index < -0.39 is 0 Å². The Labute approximate surface area is 137 Å². The van der Waals surface area contributed by atoms with Gasteiger partial charge in [0.2, 0.25) is 5.91 Å². The second kappa shape index (κ2) is 8.72. The molecule has 2 amide bonds. The summed E-state index contributed by atoms with van der Waals surface area (Å²) >= 11 is 0. The van der Waals surface area contributed by atoms with Gasteiger partial charge in [0.05, 0.1) is 18.3 Å². The summed E-state index contributed by atoms with van der Waals surface area (Å²) in [5.41, 5.74) is 0. The molecule has 1 aliphatic rings. The molecule has 128 valence electrons. The summed E-state index contributed by atoms with van der Waals surface area (Å²) in [6, 6.07) is 3.35. The van der Waals surface area contributed by atoms with E-state index in [0.29, 0.717) is 32.0 Å². The molecule has 1 saturated heterocycles. The lowest BCUT2D eigenvalue weighted by Crippen LogP contribution is -2.45. The second-order valence-electron chi connectivity index (χ2n) is 6.13. The third kappa shape index (κ3) is 5.39. The van der Waals surface area contributed by atoms with Gasteiger partial charge in [-0.3, -0.25) is 9.59 Å². The Bertz CT molecular complexity index is 499. The number of nitrogens with zero attached hydrogens (tertiary/aromatic N) is 1. The third-order valence-corrected chi connectivity index (χ3v) is 3.88. The van der Waals surface area contributed by atoms with Gasteiger partial charge >= 0.3 is 0 Å². The van der Waals surface area contributed by atoms with Gasteiger partial charge in [-0.1, -0.05) is 0 Å². The number of carbonyl (C=O) groups excluding carboxylic acids is 2. The Morgan fingerprint density at radius 2 is 2.30 bits per heavy atom. The molecule has 0 radical (unpaired) electrons. The van der Waals surface area contributed by atoms with Crippen molar-refractivity contribution < 1.29 is 18.7 Å². The molecule has 0 unspecified atom stereocenters. The lowest BCUT2D eigenvalue weighted by atomic mass is 9.97. The molecule has 0 spiro atoms. The summed E-state index contributed by atoms with van der Waals surface area (Å²) in [5, 5.41) is 2.94. The molecule has 0 aliphatic carbocycles. The van der Waals surface area contributed by atoms with Crippen molar-refractivity contribution >= 4 is 11.8 Å². The molecule has 2 heterocycles. The quantitative estimate of drug-likeness (QED) is 0.780. The maximum atomic E-state index is 12.3. The van der Waals surface area contributed by atoms with Gasteiger partial charge in [-0.15, -0.1) is 0 Å². The second-order valence-corrected chi connectivity index (χ2v) is 6.13. The van der Waals surface area contributed by atoms with Crippen molar-refractivity contribution in [3.05, 3.63) is 24.2 Å². The van der Waals surface area contributed by atoms with Gasteiger partial charge in [-0.2, -0.15) is 0 Å². The zero-order chi connectivity index (χ0) is 16.7. The van der Waals surface area contributed by atoms with Gasteiger partial charge < -0.3 is 19.4 Å². The van der Waals surface area contributed by atoms with Crippen LogP contribution in [-0.4, -0.2) is 49.1 Å². The van der Waals surface area contributed by atoms with Gasteiger partial charge in [0.1, 0.15) is 0 Å². The minimum atomic E-state index is -0.145. The van der Waals surface area contributed by atoms with Gasteiger partial charge in [0.25, 0.3) is 5.91 Å². The van der Waals surface area contributed by atoms with E-state index in [4.69, 9.17) is 9.15 Å². The van der Waals surface area contributed by atoms with Crippen molar-refractivity contribution in [2.24, 2.45) is 5.92 Å². The van der Waals surface area contributed by atoms with Crippen molar-refractivity contribution in [1.82, 2.24) is 10.2 Å². The Morgan fingerprint density at radius 1 is 1.48 bits per heavy atom. The molecule has 0 aromatic carbocycles. The lowest BCUT2D eigenvalue weighted by molar-refractivity contribution is -0.126. The monoisotopic (exact) mass is 322 g/mol. The van der Waals surface area contributed by atoms with Gasteiger partial charge in [-0.05, 0) is 45.2 Å². The highest BCUT2D eigenvalue weighted by molar-refractivity contribution is 5.92. The maximum Gasteiger partial charge on any atom is 0.289 e. The maximum absolute atomic E-state index is 12.3. The van der Waals surface area contributed by atoms with E-state index in [1.165, 1.54) is 6.26 Å². The fourth-order valence-corrected chi connectivity index (χ4v) is 2.68. The van der Waals surface area contributed by atoms with Crippen molar-refractivity contribution in [3.63, 3.8) is 0 Å². The Morgan fingerprint density at radius 3 is 3.00 bits per heavy atom. The predicted molar refractivity (Wildman–Crippen MR) is 86.1 cm³/mol. The first-order valence-corrected chi connectivity index (χ1v) is 8.30. The summed E-state index contributed by atoms with van der Waals surface area (Å²) in [6.07, 6.45) is 4.15. The molecule has 23 heavy (non-hydrogen) atoms. The molecule has 1 N–H and O–H groups in total. The van der Waals surface area contributed by atoms with Gasteiger partial charge in [0.15, 0.2) is 5.76 Å². The van der Waals surface area contributed by atoms with Crippen molar-refractivity contribution in [2.75, 3.05) is 26.2 Å². The number of amides is 2. The Hall–Kier alpha value is -1.82. The summed E-state index contributed by atoms with van der Waals surface area (Å²) < 4.78 is 10.6. The van der Waals surface area contributed by atoms with Crippen LogP contribution in [0.3, 0.4) is 0 Å². The fourth-order valence-electron chi connectivity index (χ4n) is 2.68. The van der Waals surface area contributed by atoms with Crippen LogP contribution in [0.25, 0.3) is 0 Å². The molecular formula is C17H26N2O4. The predicted octanol–water partition coefficient (Wildman–Crippen LogP) is 2.06. The van der Waals surface area contributed by atoms with E-state index in [-0.39, 0.29) is 23.8 Å². The number of rotatable bonds is 7. The SMILES string of the molecule is CC(C)OCCCNC(=O)[C@@H]1CCCN(C(=O)c2ccco2)C1. The van der Waals surface area contributed by atoms with Crippen molar-refractivity contribution in [3.8, 4) is 0 Å². The van der Waals surface area contributed by atoms with Crippen LogP contribution in [0.2, 0.25) is 0 Å². The van der Waals surface area contributed by atoms with E-state index in [2.05, 4.69) is 5.32 Å². The fraction of sp³-hybridized carbons (Fsp3) is 0.647. The first kappa shape index (κ1) is 17.5. The van der Waals surface area contributed by atoms with E-state index in [1.807, 2.05) is 13.8 Å². The molecule has 1 aromatic rings. The van der Waals surface area contributed by atoms with Crippen LogP contribution in [0.1, 0.15) is 43.7 Å². The number of ether oxygens (including phenoxy) is 1. The lowest BCUT2D eigenvalue weighted by Gasteiger charge is -2.31. The highest BCUT2D eigenvalue weighted by Crippen LogP contribution is 2.19.